The van der Waals surface area contributed by atoms with Crippen molar-refractivity contribution in [3.05, 3.63) is 59.8 Å². The summed E-state index contributed by atoms with van der Waals surface area (Å²) in [5, 5.41) is 11.1. The second-order valence-corrected chi connectivity index (χ2v) is 8.77. The molecule has 2 aromatic carbocycles. The minimum Gasteiger partial charge on any atom is -0.356 e. The molecule has 154 valence electrons. The van der Waals surface area contributed by atoms with Gasteiger partial charge in [-0.1, -0.05) is 35.6 Å². The summed E-state index contributed by atoms with van der Waals surface area (Å²) in [7, 11) is 0. The Balaban J connectivity index is 1.42. The Morgan fingerprint density at radius 1 is 1.03 bits per heavy atom. The first-order valence-corrected chi connectivity index (χ1v) is 11.3. The monoisotopic (exact) mass is 427 g/mol. The average molecular weight is 428 g/mol. The number of thiazole rings is 1. The molecule has 0 atom stereocenters. The Morgan fingerprint density at radius 3 is 2.71 bits per heavy atom. The summed E-state index contributed by atoms with van der Waals surface area (Å²) in [6.07, 6.45) is 4.22. The number of nitrogens with zero attached hydrogens (tertiary/aromatic N) is 6. The maximum atomic E-state index is 5.06. The molecule has 0 spiro atoms. The van der Waals surface area contributed by atoms with Gasteiger partial charge in [0.05, 0.1) is 33.2 Å². The lowest BCUT2D eigenvalue weighted by atomic mass is 10.2. The molecular formula is C23H21N7S. The molecule has 0 aliphatic carbocycles. The standard InChI is InChI=1S/C23H21N7S/c1-15-17(14-24-27-23-25-18-9-3-5-11-20(18)31-23)22-26-21(29-12-6-7-13-29)16-8-2-4-10-19(16)30(22)28-15/h2-5,8-11,14H,6-7,12-13H2,1H3,(H,25,27). The Morgan fingerprint density at radius 2 is 1.84 bits per heavy atom. The molecule has 0 amide bonds. The van der Waals surface area contributed by atoms with Gasteiger partial charge in [0.1, 0.15) is 5.82 Å². The van der Waals surface area contributed by atoms with Gasteiger partial charge in [-0.05, 0) is 44.0 Å². The van der Waals surface area contributed by atoms with Crippen LogP contribution in [0.5, 0.6) is 0 Å². The van der Waals surface area contributed by atoms with Crippen molar-refractivity contribution in [1.82, 2.24) is 19.6 Å². The summed E-state index contributed by atoms with van der Waals surface area (Å²) in [5.41, 5.74) is 7.75. The van der Waals surface area contributed by atoms with Gasteiger partial charge in [0, 0.05) is 18.5 Å². The van der Waals surface area contributed by atoms with E-state index in [9.17, 15) is 0 Å². The van der Waals surface area contributed by atoms with Crippen LogP contribution in [0.15, 0.2) is 53.6 Å². The molecule has 8 heteroatoms. The van der Waals surface area contributed by atoms with E-state index < -0.39 is 0 Å². The first kappa shape index (κ1) is 18.3. The molecule has 0 bridgehead atoms. The number of rotatable bonds is 4. The summed E-state index contributed by atoms with van der Waals surface area (Å²) in [4.78, 5) is 12.0. The summed E-state index contributed by atoms with van der Waals surface area (Å²) < 4.78 is 3.07. The Bertz CT molecular complexity index is 1410. The topological polar surface area (TPSA) is 70.7 Å². The Kier molecular flexibility index (Phi) is 4.31. The van der Waals surface area contributed by atoms with Crippen molar-refractivity contribution in [2.24, 2.45) is 5.10 Å². The summed E-state index contributed by atoms with van der Waals surface area (Å²) in [5.74, 6) is 1.04. The van der Waals surface area contributed by atoms with Gasteiger partial charge in [0.25, 0.3) is 0 Å². The molecule has 0 unspecified atom stereocenters. The van der Waals surface area contributed by atoms with Gasteiger partial charge in [-0.15, -0.1) is 0 Å². The number of nitrogens with one attached hydrogen (secondary N) is 1. The SMILES string of the molecule is Cc1nn2c(nc(N3CCCC3)c3ccccc32)c1C=NNc1nc2ccccc2s1. The molecule has 1 aliphatic rings. The lowest BCUT2D eigenvalue weighted by Crippen LogP contribution is -2.20. The van der Waals surface area contributed by atoms with Gasteiger partial charge in [0.15, 0.2) is 5.65 Å². The maximum absolute atomic E-state index is 5.06. The number of aromatic nitrogens is 4. The van der Waals surface area contributed by atoms with Gasteiger partial charge in [-0.3, -0.25) is 5.43 Å². The molecule has 6 rings (SSSR count). The van der Waals surface area contributed by atoms with Crippen LogP contribution in [-0.2, 0) is 0 Å². The molecule has 0 radical (unpaired) electrons. The van der Waals surface area contributed by atoms with Crippen molar-refractivity contribution in [1.29, 1.82) is 0 Å². The third-order valence-electron chi connectivity index (χ3n) is 5.72. The minimum absolute atomic E-state index is 0.766. The molecule has 1 saturated heterocycles. The van der Waals surface area contributed by atoms with E-state index in [4.69, 9.17) is 10.1 Å². The number of hydrogen-bond donors (Lipinski definition) is 1. The van der Waals surface area contributed by atoms with E-state index >= 15 is 0 Å². The van der Waals surface area contributed by atoms with Crippen LogP contribution in [0.25, 0.3) is 26.8 Å². The molecule has 1 aliphatic heterocycles. The van der Waals surface area contributed by atoms with E-state index in [2.05, 4.69) is 50.7 Å². The molecule has 1 fully saturated rings. The summed E-state index contributed by atoms with van der Waals surface area (Å²) >= 11 is 1.58. The minimum atomic E-state index is 0.766. The smallest absolute Gasteiger partial charge is 0.204 e. The molecule has 0 saturated carbocycles. The first-order chi connectivity index (χ1) is 15.3. The van der Waals surface area contributed by atoms with E-state index in [1.807, 2.05) is 29.6 Å². The lowest BCUT2D eigenvalue weighted by molar-refractivity contribution is 0.920. The van der Waals surface area contributed by atoms with E-state index in [1.54, 1.807) is 17.6 Å². The molecule has 7 nitrogen and oxygen atoms in total. The fourth-order valence-corrected chi connectivity index (χ4v) is 5.02. The normalized spacial score (nSPS) is 14.5. The third kappa shape index (κ3) is 3.11. The fraction of sp³-hybridized carbons (Fsp3) is 0.217. The van der Waals surface area contributed by atoms with Crippen molar-refractivity contribution >= 4 is 55.3 Å². The van der Waals surface area contributed by atoms with Crippen LogP contribution in [0.2, 0.25) is 0 Å². The predicted octanol–water partition coefficient (Wildman–Crippen LogP) is 4.85. The van der Waals surface area contributed by atoms with Crippen molar-refractivity contribution in [2.75, 3.05) is 23.4 Å². The Labute approximate surface area is 183 Å². The molecular weight excluding hydrogens is 406 g/mol. The van der Waals surface area contributed by atoms with Crippen LogP contribution in [0.1, 0.15) is 24.1 Å². The average Bonchev–Trinajstić information content (AvgIpc) is 3.52. The number of para-hydroxylation sites is 2. The number of benzene rings is 2. The van der Waals surface area contributed by atoms with Gasteiger partial charge in [-0.2, -0.15) is 10.2 Å². The van der Waals surface area contributed by atoms with Crippen LogP contribution in [-0.4, -0.2) is 38.9 Å². The second-order valence-electron chi connectivity index (χ2n) is 7.74. The van der Waals surface area contributed by atoms with Crippen LogP contribution in [0.3, 0.4) is 0 Å². The summed E-state index contributed by atoms with van der Waals surface area (Å²) in [6, 6.07) is 16.4. The number of hydrogen-bond acceptors (Lipinski definition) is 7. The van der Waals surface area contributed by atoms with Crippen molar-refractivity contribution in [3.63, 3.8) is 0 Å². The summed E-state index contributed by atoms with van der Waals surface area (Å²) in [6.45, 7) is 4.09. The van der Waals surface area contributed by atoms with Crippen LogP contribution >= 0.6 is 11.3 Å². The lowest BCUT2D eigenvalue weighted by Gasteiger charge is -2.19. The molecule has 4 heterocycles. The van der Waals surface area contributed by atoms with E-state index in [1.165, 1.54) is 12.8 Å². The highest BCUT2D eigenvalue weighted by molar-refractivity contribution is 7.22. The zero-order valence-electron chi connectivity index (χ0n) is 17.1. The van der Waals surface area contributed by atoms with Crippen molar-refractivity contribution < 1.29 is 0 Å². The number of hydrazone groups is 1. The van der Waals surface area contributed by atoms with Gasteiger partial charge < -0.3 is 4.90 Å². The fourth-order valence-electron chi connectivity index (χ4n) is 4.20. The van der Waals surface area contributed by atoms with Crippen LogP contribution in [0, 0.1) is 6.92 Å². The highest BCUT2D eigenvalue weighted by Crippen LogP contribution is 2.30. The van der Waals surface area contributed by atoms with Gasteiger partial charge >= 0.3 is 0 Å². The number of fused-ring (bicyclic) bond motifs is 4. The van der Waals surface area contributed by atoms with Gasteiger partial charge in [0.2, 0.25) is 5.13 Å². The molecule has 31 heavy (non-hydrogen) atoms. The molecule has 5 aromatic rings. The van der Waals surface area contributed by atoms with Gasteiger partial charge in [-0.25, -0.2) is 14.5 Å². The van der Waals surface area contributed by atoms with Crippen molar-refractivity contribution in [3.8, 4) is 0 Å². The zero-order chi connectivity index (χ0) is 20.8. The van der Waals surface area contributed by atoms with E-state index in [0.717, 1.165) is 62.1 Å². The number of anilines is 2. The van der Waals surface area contributed by atoms with E-state index in [0.29, 0.717) is 0 Å². The van der Waals surface area contributed by atoms with Crippen LogP contribution in [0.4, 0.5) is 10.9 Å². The highest BCUT2D eigenvalue weighted by atomic mass is 32.1. The molecule has 3 aromatic heterocycles. The maximum Gasteiger partial charge on any atom is 0.204 e. The second kappa shape index (κ2) is 7.31. The van der Waals surface area contributed by atoms with E-state index in [-0.39, 0.29) is 0 Å². The highest BCUT2D eigenvalue weighted by Gasteiger charge is 2.20. The largest absolute Gasteiger partial charge is 0.356 e. The quantitative estimate of drug-likeness (QED) is 0.328. The number of aryl methyl sites for hydroxylation is 1. The third-order valence-corrected chi connectivity index (χ3v) is 6.66. The zero-order valence-corrected chi connectivity index (χ0v) is 17.9. The first-order valence-electron chi connectivity index (χ1n) is 10.5. The predicted molar refractivity (Wildman–Crippen MR) is 128 cm³/mol. The Hall–Kier alpha value is -3.52. The van der Waals surface area contributed by atoms with Crippen LogP contribution < -0.4 is 10.3 Å². The molecule has 1 N–H and O–H groups in total. The van der Waals surface area contributed by atoms with Crippen molar-refractivity contribution in [2.45, 2.75) is 19.8 Å².